The summed E-state index contributed by atoms with van der Waals surface area (Å²) >= 11 is 1.86. The second-order valence-electron chi connectivity index (χ2n) is 16.5. The van der Waals surface area contributed by atoms with Gasteiger partial charge in [0.2, 0.25) is 0 Å². The van der Waals surface area contributed by atoms with Crippen molar-refractivity contribution in [3.8, 4) is 39.1 Å². The van der Waals surface area contributed by atoms with Gasteiger partial charge in [-0.15, -0.1) is 11.3 Å². The topological polar surface area (TPSA) is 21.3 Å². The first-order valence-corrected chi connectivity index (χ1v) is 22.6. The third kappa shape index (κ3) is 5.88. The van der Waals surface area contributed by atoms with Gasteiger partial charge in [-0.2, -0.15) is 0 Å². The summed E-state index contributed by atoms with van der Waals surface area (Å²) in [6.45, 7) is 0. The van der Waals surface area contributed by atoms with Gasteiger partial charge >= 0.3 is 0 Å². The summed E-state index contributed by atoms with van der Waals surface area (Å²) in [5, 5.41) is 7.18. The molecular weight excluding hydrogens is 797 g/mol. The number of fused-ring (bicyclic) bond motifs is 9. The van der Waals surface area contributed by atoms with Crippen molar-refractivity contribution in [3.05, 3.63) is 231 Å². The lowest BCUT2D eigenvalue weighted by atomic mass is 9.93. The summed E-state index contributed by atoms with van der Waals surface area (Å²) in [4.78, 5) is 2.40. The van der Waals surface area contributed by atoms with E-state index in [1.54, 1.807) is 0 Å². The van der Waals surface area contributed by atoms with Crippen LogP contribution in [-0.4, -0.2) is 4.57 Å². The Kier molecular flexibility index (Phi) is 8.40. The van der Waals surface area contributed by atoms with Crippen LogP contribution in [0.3, 0.4) is 0 Å². The third-order valence-corrected chi connectivity index (χ3v) is 13.9. The molecule has 0 aliphatic rings. The molecule has 64 heavy (non-hydrogen) atoms. The van der Waals surface area contributed by atoms with Gasteiger partial charge in [0, 0.05) is 76.1 Å². The zero-order chi connectivity index (χ0) is 42.1. The number of rotatable bonds is 7. The van der Waals surface area contributed by atoms with Crippen LogP contribution in [0.15, 0.2) is 235 Å². The molecule has 0 aliphatic heterocycles. The molecule has 0 bridgehead atoms. The van der Waals surface area contributed by atoms with E-state index in [9.17, 15) is 0 Å². The minimum Gasteiger partial charge on any atom is -0.456 e. The van der Waals surface area contributed by atoms with Gasteiger partial charge in [0.25, 0.3) is 0 Å². The molecule has 0 atom stereocenters. The van der Waals surface area contributed by atoms with Gasteiger partial charge in [-0.25, -0.2) is 0 Å². The van der Waals surface area contributed by atoms with E-state index in [2.05, 4.69) is 240 Å². The number of benzene rings is 10. The average molecular weight is 835 g/mol. The van der Waals surface area contributed by atoms with Crippen LogP contribution in [-0.2, 0) is 0 Å². The van der Waals surface area contributed by atoms with Crippen LogP contribution in [0.1, 0.15) is 0 Å². The van der Waals surface area contributed by atoms with Gasteiger partial charge in [0.15, 0.2) is 0 Å². The van der Waals surface area contributed by atoms with Gasteiger partial charge in [-0.3, -0.25) is 0 Å². The Bertz CT molecular complexity index is 3880. The summed E-state index contributed by atoms with van der Waals surface area (Å²) in [6.07, 6.45) is 0. The smallest absolute Gasteiger partial charge is 0.138 e. The van der Waals surface area contributed by atoms with Gasteiger partial charge < -0.3 is 13.9 Å². The number of nitrogens with zero attached hydrogens (tertiary/aromatic N) is 2. The molecule has 0 radical (unpaired) electrons. The Hall–Kier alpha value is -8.18. The van der Waals surface area contributed by atoms with E-state index in [1.807, 2.05) is 11.3 Å². The predicted octanol–water partition coefficient (Wildman–Crippen LogP) is 17.5. The van der Waals surface area contributed by atoms with Crippen LogP contribution in [0.25, 0.3) is 103 Å². The number of para-hydroxylation sites is 2. The lowest BCUT2D eigenvalue weighted by Gasteiger charge is -2.26. The van der Waals surface area contributed by atoms with E-state index in [-0.39, 0.29) is 0 Å². The molecule has 3 heterocycles. The normalized spacial score (nSPS) is 11.8. The molecule has 0 unspecified atom stereocenters. The van der Waals surface area contributed by atoms with E-state index >= 15 is 0 Å². The van der Waals surface area contributed by atoms with Gasteiger partial charge in [0.1, 0.15) is 11.2 Å². The second-order valence-corrected chi connectivity index (χ2v) is 17.5. The SMILES string of the molecule is c1ccc(-c2ccc(N(c3cccc(-c4ccccc4)c3)c3ccc4c(c3)c3c(-c5ccc6c(c5)sc5ccccc56)c5c(cc3n4-c3ccccc3)oc3ccccc35)cc2)cc1. The van der Waals surface area contributed by atoms with E-state index in [0.717, 1.165) is 55.7 Å². The summed E-state index contributed by atoms with van der Waals surface area (Å²) in [6, 6.07) is 83.4. The lowest BCUT2D eigenvalue weighted by Crippen LogP contribution is -2.10. The molecule has 3 aromatic heterocycles. The number of hydrogen-bond donors (Lipinski definition) is 0. The fourth-order valence-electron chi connectivity index (χ4n) is 9.87. The fraction of sp³-hybridized carbons (Fsp3) is 0. The lowest BCUT2D eigenvalue weighted by molar-refractivity contribution is 0.669. The minimum atomic E-state index is 0.873. The molecule has 300 valence electrons. The van der Waals surface area contributed by atoms with Crippen LogP contribution in [0.2, 0.25) is 0 Å². The van der Waals surface area contributed by atoms with E-state index in [0.29, 0.717) is 0 Å². The first-order chi connectivity index (χ1) is 31.7. The van der Waals surface area contributed by atoms with Gasteiger partial charge in [-0.1, -0.05) is 152 Å². The quantitative estimate of drug-likeness (QED) is 0.159. The molecule has 0 saturated carbocycles. The standard InChI is InChI=1S/C60H38N2OS/c1-4-15-39(16-5-1)41-27-30-45(31-28-41)61(46-22-14-19-42(35-46)40-17-6-2-7-18-40)47-32-34-52-51(37-47)59-53(62(52)44-20-8-3-9-21-44)38-55-60(50-24-10-12-25-54(50)63-55)58(59)43-29-33-49-48-23-11-13-26-56(48)64-57(49)36-43/h1-38H. The van der Waals surface area contributed by atoms with Crippen molar-refractivity contribution in [2.45, 2.75) is 0 Å². The van der Waals surface area contributed by atoms with Crippen LogP contribution in [0, 0.1) is 0 Å². The second kappa shape index (κ2) is 14.7. The molecule has 13 rings (SSSR count). The highest BCUT2D eigenvalue weighted by Crippen LogP contribution is 2.49. The van der Waals surface area contributed by atoms with E-state index < -0.39 is 0 Å². The zero-order valence-corrected chi connectivity index (χ0v) is 35.5. The molecule has 13 aromatic rings. The minimum absolute atomic E-state index is 0.873. The molecule has 0 spiro atoms. The van der Waals surface area contributed by atoms with Crippen molar-refractivity contribution in [1.82, 2.24) is 4.57 Å². The van der Waals surface area contributed by atoms with Crippen LogP contribution < -0.4 is 4.90 Å². The van der Waals surface area contributed by atoms with Crippen LogP contribution >= 0.6 is 11.3 Å². The van der Waals surface area contributed by atoms with Crippen LogP contribution in [0.5, 0.6) is 0 Å². The fourth-order valence-corrected chi connectivity index (χ4v) is 11.0. The Morgan fingerprint density at radius 2 is 0.953 bits per heavy atom. The van der Waals surface area contributed by atoms with Crippen molar-refractivity contribution in [2.75, 3.05) is 4.90 Å². The summed E-state index contributed by atoms with van der Waals surface area (Å²) in [5.74, 6) is 0. The number of hydrogen-bond acceptors (Lipinski definition) is 3. The molecule has 0 N–H and O–H groups in total. The number of furan rings is 1. The molecule has 4 heteroatoms. The molecule has 0 amide bonds. The highest BCUT2D eigenvalue weighted by atomic mass is 32.1. The molecule has 0 saturated heterocycles. The monoisotopic (exact) mass is 834 g/mol. The highest BCUT2D eigenvalue weighted by Gasteiger charge is 2.25. The van der Waals surface area contributed by atoms with Crippen molar-refractivity contribution in [1.29, 1.82) is 0 Å². The van der Waals surface area contributed by atoms with E-state index in [4.69, 9.17) is 4.42 Å². The Labute approximate surface area is 373 Å². The summed E-state index contributed by atoms with van der Waals surface area (Å²) in [5.41, 5.74) is 15.4. The maximum Gasteiger partial charge on any atom is 0.138 e. The molecule has 10 aromatic carbocycles. The van der Waals surface area contributed by atoms with Crippen molar-refractivity contribution in [2.24, 2.45) is 0 Å². The summed E-state index contributed by atoms with van der Waals surface area (Å²) in [7, 11) is 0. The highest BCUT2D eigenvalue weighted by molar-refractivity contribution is 7.25. The number of thiophene rings is 1. The van der Waals surface area contributed by atoms with Gasteiger partial charge in [-0.05, 0) is 101 Å². The van der Waals surface area contributed by atoms with Crippen LogP contribution in [0.4, 0.5) is 17.1 Å². The molecular formula is C60H38N2OS. The Morgan fingerprint density at radius 1 is 0.344 bits per heavy atom. The number of aromatic nitrogens is 1. The average Bonchev–Trinajstić information content (AvgIpc) is 4.03. The molecule has 0 aliphatic carbocycles. The zero-order valence-electron chi connectivity index (χ0n) is 34.7. The largest absolute Gasteiger partial charge is 0.456 e. The summed E-state index contributed by atoms with van der Waals surface area (Å²) < 4.78 is 11.8. The van der Waals surface area contributed by atoms with Gasteiger partial charge in [0.05, 0.1) is 11.0 Å². The first kappa shape index (κ1) is 36.5. The number of anilines is 3. The van der Waals surface area contributed by atoms with E-state index in [1.165, 1.54) is 64.3 Å². The Morgan fingerprint density at radius 3 is 1.75 bits per heavy atom. The third-order valence-electron chi connectivity index (χ3n) is 12.8. The predicted molar refractivity (Wildman–Crippen MR) is 272 cm³/mol. The van der Waals surface area contributed by atoms with Crippen molar-refractivity contribution >= 4 is 92.3 Å². The Balaban J connectivity index is 1.12. The first-order valence-electron chi connectivity index (χ1n) is 21.7. The van der Waals surface area contributed by atoms with Crippen molar-refractivity contribution < 1.29 is 4.42 Å². The maximum atomic E-state index is 6.79. The molecule has 0 fully saturated rings. The van der Waals surface area contributed by atoms with Crippen molar-refractivity contribution in [3.63, 3.8) is 0 Å². The molecule has 3 nitrogen and oxygen atoms in total. The maximum absolute atomic E-state index is 6.79.